The quantitative estimate of drug-likeness (QED) is 0.510. The Bertz CT molecular complexity index is 1270. The van der Waals surface area contributed by atoms with Gasteiger partial charge in [-0.3, -0.25) is 14.5 Å². The summed E-state index contributed by atoms with van der Waals surface area (Å²) in [5.74, 6) is 0.688. The monoisotopic (exact) mass is 476 g/mol. The lowest BCUT2D eigenvalue weighted by molar-refractivity contribution is 0.0353. The average Bonchev–Trinajstić information content (AvgIpc) is 3.12. The predicted molar refractivity (Wildman–Crippen MR) is 134 cm³/mol. The average molecular weight is 477 g/mol. The Hall–Kier alpha value is -3.16. The molecule has 1 aromatic heterocycles. The number of carbonyl (C=O) groups is 1. The van der Waals surface area contributed by atoms with Crippen molar-refractivity contribution in [3.63, 3.8) is 0 Å². The van der Waals surface area contributed by atoms with Crippen molar-refractivity contribution in [2.24, 2.45) is 0 Å². The number of aryl methyl sites for hydroxylation is 1. The molecule has 0 N–H and O–H groups in total. The van der Waals surface area contributed by atoms with E-state index in [1.54, 1.807) is 11.0 Å². The smallest absolute Gasteiger partial charge is 0.290 e. The van der Waals surface area contributed by atoms with Crippen molar-refractivity contribution >= 4 is 16.9 Å². The first-order chi connectivity index (χ1) is 16.9. The Balaban J connectivity index is 1.51. The molecule has 0 saturated carbocycles. The van der Waals surface area contributed by atoms with Crippen LogP contribution >= 0.6 is 0 Å². The molecule has 1 amide bonds. The van der Waals surface area contributed by atoms with E-state index >= 15 is 0 Å². The number of hydrogen-bond acceptors (Lipinski definition) is 6. The molecule has 2 aliphatic heterocycles. The van der Waals surface area contributed by atoms with E-state index in [-0.39, 0.29) is 23.2 Å². The Kier molecular flexibility index (Phi) is 6.62. The van der Waals surface area contributed by atoms with Crippen LogP contribution in [0, 0.1) is 6.92 Å². The zero-order valence-electron chi connectivity index (χ0n) is 20.6. The van der Waals surface area contributed by atoms with Gasteiger partial charge in [-0.2, -0.15) is 0 Å². The van der Waals surface area contributed by atoms with Gasteiger partial charge in [-0.15, -0.1) is 0 Å². The van der Waals surface area contributed by atoms with Crippen LogP contribution in [0.15, 0.2) is 51.7 Å². The summed E-state index contributed by atoms with van der Waals surface area (Å²) in [5, 5.41) is 0.511. The molecule has 7 heteroatoms. The molecule has 0 radical (unpaired) electrons. The standard InChI is InChI=1S/C28H32N2O5/c1-18(2)34-21-8-6-20(7-9-21)25-24-26(31)22-17-19(3)5-10-23(22)35-27(24)28(32)30(25)12-4-11-29-13-15-33-16-14-29/h5-10,17-18,25H,4,11-16H2,1-3H3/t25-/m0/s1. The fourth-order valence-electron chi connectivity index (χ4n) is 5.00. The van der Waals surface area contributed by atoms with Gasteiger partial charge in [0, 0.05) is 26.2 Å². The van der Waals surface area contributed by atoms with Gasteiger partial charge < -0.3 is 18.8 Å². The highest BCUT2D eigenvalue weighted by molar-refractivity contribution is 5.99. The van der Waals surface area contributed by atoms with E-state index in [0.29, 0.717) is 23.1 Å². The normalized spacial score (nSPS) is 18.5. The first kappa shape index (κ1) is 23.6. The number of ether oxygens (including phenoxy) is 2. The Morgan fingerprint density at radius 2 is 1.77 bits per heavy atom. The maximum atomic E-state index is 13.7. The summed E-state index contributed by atoms with van der Waals surface area (Å²) >= 11 is 0. The van der Waals surface area contributed by atoms with Crippen molar-refractivity contribution in [1.29, 1.82) is 0 Å². The summed E-state index contributed by atoms with van der Waals surface area (Å²) in [7, 11) is 0. The van der Waals surface area contributed by atoms with Crippen molar-refractivity contribution < 1.29 is 18.7 Å². The number of fused-ring (bicyclic) bond motifs is 2. The van der Waals surface area contributed by atoms with Crippen LogP contribution in [0.2, 0.25) is 0 Å². The molecule has 7 nitrogen and oxygen atoms in total. The van der Waals surface area contributed by atoms with Crippen molar-refractivity contribution in [3.8, 4) is 5.75 Å². The third-order valence-electron chi connectivity index (χ3n) is 6.67. The summed E-state index contributed by atoms with van der Waals surface area (Å²) in [6.45, 7) is 10.6. The van der Waals surface area contributed by atoms with Crippen LogP contribution in [0.25, 0.3) is 11.0 Å². The van der Waals surface area contributed by atoms with Crippen LogP contribution in [-0.2, 0) is 4.74 Å². The van der Waals surface area contributed by atoms with E-state index < -0.39 is 6.04 Å². The van der Waals surface area contributed by atoms with E-state index in [0.717, 1.165) is 56.1 Å². The van der Waals surface area contributed by atoms with Crippen LogP contribution in [0.3, 0.4) is 0 Å². The van der Waals surface area contributed by atoms with Gasteiger partial charge in [0.15, 0.2) is 5.43 Å². The zero-order valence-corrected chi connectivity index (χ0v) is 20.6. The molecule has 3 aromatic rings. The summed E-state index contributed by atoms with van der Waals surface area (Å²) in [6, 6.07) is 12.7. The molecule has 1 atom stereocenters. The molecule has 3 heterocycles. The number of benzene rings is 2. The maximum Gasteiger partial charge on any atom is 0.290 e. The molecule has 0 bridgehead atoms. The number of nitrogens with zero attached hydrogens (tertiary/aromatic N) is 2. The van der Waals surface area contributed by atoms with Gasteiger partial charge in [-0.1, -0.05) is 23.8 Å². The molecule has 2 aliphatic rings. The van der Waals surface area contributed by atoms with Crippen LogP contribution in [-0.4, -0.2) is 61.2 Å². The molecule has 35 heavy (non-hydrogen) atoms. The molecule has 2 aromatic carbocycles. The van der Waals surface area contributed by atoms with E-state index in [4.69, 9.17) is 13.9 Å². The van der Waals surface area contributed by atoms with Gasteiger partial charge in [0.05, 0.1) is 36.3 Å². The Morgan fingerprint density at radius 3 is 2.49 bits per heavy atom. The largest absolute Gasteiger partial charge is 0.491 e. The highest BCUT2D eigenvalue weighted by Gasteiger charge is 2.42. The fourth-order valence-corrected chi connectivity index (χ4v) is 5.00. The highest BCUT2D eigenvalue weighted by Crippen LogP contribution is 2.38. The summed E-state index contributed by atoms with van der Waals surface area (Å²) < 4.78 is 17.3. The minimum absolute atomic E-state index is 0.0629. The third-order valence-corrected chi connectivity index (χ3v) is 6.67. The topological polar surface area (TPSA) is 72.2 Å². The first-order valence-corrected chi connectivity index (χ1v) is 12.4. The van der Waals surface area contributed by atoms with Crippen LogP contribution in [0.1, 0.15) is 53.6 Å². The fraction of sp³-hybridized carbons (Fsp3) is 0.429. The van der Waals surface area contributed by atoms with Gasteiger partial charge in [-0.05, 0) is 57.0 Å². The van der Waals surface area contributed by atoms with E-state index in [2.05, 4.69) is 4.90 Å². The minimum Gasteiger partial charge on any atom is -0.491 e. The van der Waals surface area contributed by atoms with Gasteiger partial charge in [0.25, 0.3) is 5.91 Å². The molecule has 0 spiro atoms. The van der Waals surface area contributed by atoms with Gasteiger partial charge >= 0.3 is 0 Å². The highest BCUT2D eigenvalue weighted by atomic mass is 16.5. The summed E-state index contributed by atoms with van der Waals surface area (Å²) in [4.78, 5) is 31.4. The van der Waals surface area contributed by atoms with Crippen LogP contribution in [0.5, 0.6) is 5.75 Å². The second kappa shape index (κ2) is 9.84. The maximum absolute atomic E-state index is 13.7. The second-order valence-electron chi connectivity index (χ2n) is 9.62. The van der Waals surface area contributed by atoms with Crippen molar-refractivity contribution in [2.45, 2.75) is 39.3 Å². The molecular weight excluding hydrogens is 444 g/mol. The SMILES string of the molecule is Cc1ccc2oc3c(c(=O)c2c1)[C@H](c1ccc(OC(C)C)cc1)N(CCCN1CCOCC1)C3=O. The molecule has 5 rings (SSSR count). The molecule has 184 valence electrons. The number of amides is 1. The molecular formula is C28H32N2O5. The number of hydrogen-bond donors (Lipinski definition) is 0. The molecule has 1 saturated heterocycles. The van der Waals surface area contributed by atoms with Gasteiger partial charge in [0.2, 0.25) is 5.76 Å². The van der Waals surface area contributed by atoms with E-state index in [9.17, 15) is 9.59 Å². The molecule has 0 unspecified atom stereocenters. The van der Waals surface area contributed by atoms with Crippen LogP contribution in [0.4, 0.5) is 0 Å². The van der Waals surface area contributed by atoms with Crippen molar-refractivity contribution in [3.05, 3.63) is 75.1 Å². The summed E-state index contributed by atoms with van der Waals surface area (Å²) in [6.07, 6.45) is 0.866. The van der Waals surface area contributed by atoms with E-state index in [1.165, 1.54) is 0 Å². The van der Waals surface area contributed by atoms with Crippen LogP contribution < -0.4 is 10.2 Å². The molecule has 0 aliphatic carbocycles. The van der Waals surface area contributed by atoms with Gasteiger partial charge in [-0.25, -0.2) is 0 Å². The van der Waals surface area contributed by atoms with E-state index in [1.807, 2.05) is 57.2 Å². The first-order valence-electron chi connectivity index (χ1n) is 12.4. The summed E-state index contributed by atoms with van der Waals surface area (Å²) in [5.41, 5.74) is 2.59. The Labute approximate surface area is 205 Å². The second-order valence-corrected chi connectivity index (χ2v) is 9.62. The zero-order chi connectivity index (χ0) is 24.5. The minimum atomic E-state index is -0.489. The lowest BCUT2D eigenvalue weighted by Crippen LogP contribution is -2.38. The number of rotatable bonds is 7. The number of morpholine rings is 1. The number of carbonyl (C=O) groups excluding carboxylic acids is 1. The lowest BCUT2D eigenvalue weighted by atomic mass is 9.98. The third kappa shape index (κ3) is 4.70. The predicted octanol–water partition coefficient (Wildman–Crippen LogP) is 4.16. The van der Waals surface area contributed by atoms with Gasteiger partial charge in [0.1, 0.15) is 11.3 Å². The lowest BCUT2D eigenvalue weighted by Gasteiger charge is -2.29. The Morgan fingerprint density at radius 1 is 1.03 bits per heavy atom. The van der Waals surface area contributed by atoms with Crippen molar-refractivity contribution in [2.75, 3.05) is 39.4 Å². The molecule has 1 fully saturated rings. The van der Waals surface area contributed by atoms with Crippen molar-refractivity contribution in [1.82, 2.24) is 9.80 Å².